The van der Waals surface area contributed by atoms with Gasteiger partial charge in [0.25, 0.3) is 0 Å². The molecule has 15 heavy (non-hydrogen) atoms. The number of benzene rings is 2. The molecule has 0 unspecified atom stereocenters. The largest absolute Gasteiger partial charge is 0.354 e. The molecule has 0 amide bonds. The van der Waals surface area contributed by atoms with E-state index in [2.05, 4.69) is 36.8 Å². The Hall–Kier alpha value is -0.800. The number of hydrogen-bond acceptors (Lipinski definition) is 0. The molecule has 0 saturated carbocycles. The van der Waals surface area contributed by atoms with E-state index in [1.54, 1.807) is 0 Å². The van der Waals surface area contributed by atoms with Crippen LogP contribution in [0.2, 0.25) is 0 Å². The van der Waals surface area contributed by atoms with Crippen LogP contribution in [0.15, 0.2) is 45.2 Å². The first kappa shape index (κ1) is 5.02. The maximum absolute atomic E-state index is 8.08. The van der Waals surface area contributed by atoms with Crippen molar-refractivity contribution in [2.24, 2.45) is 0 Å². The second kappa shape index (κ2) is 3.35. The molecule has 1 heterocycles. The number of aromatic amines is 1. The van der Waals surface area contributed by atoms with Crippen molar-refractivity contribution >= 4 is 53.7 Å². The van der Waals surface area contributed by atoms with Gasteiger partial charge < -0.3 is 4.98 Å². The van der Waals surface area contributed by atoms with Gasteiger partial charge in [-0.2, -0.15) is 0 Å². The summed E-state index contributed by atoms with van der Waals surface area (Å²) in [5, 5.41) is 0.477. The lowest BCUT2D eigenvalue weighted by Crippen LogP contribution is -1.67. The van der Waals surface area contributed by atoms with Gasteiger partial charge >= 0.3 is 0 Å². The van der Waals surface area contributed by atoms with Crippen molar-refractivity contribution in [3.05, 3.63) is 45.2 Å². The number of nitrogens with one attached hydrogen (secondary N) is 1. The summed E-state index contributed by atoms with van der Waals surface area (Å²) in [6, 6.07) is -0.544. The summed E-state index contributed by atoms with van der Waals surface area (Å²) < 4.78 is 48.4. The van der Waals surface area contributed by atoms with Crippen LogP contribution in [0, 0.1) is 0 Å². The highest BCUT2D eigenvalue weighted by molar-refractivity contribution is 9.10. The molecular weight excluding hydrogens is 318 g/mol. The van der Waals surface area contributed by atoms with Crippen molar-refractivity contribution in [1.29, 1.82) is 0 Å². The van der Waals surface area contributed by atoms with E-state index in [4.69, 9.17) is 8.22 Å². The molecular formula is C12H7Br2N. The maximum atomic E-state index is 8.08. The van der Waals surface area contributed by atoms with Crippen LogP contribution in [-0.2, 0) is 0 Å². The Kier molecular flexibility index (Phi) is 1.12. The number of hydrogen-bond donors (Lipinski definition) is 1. The Morgan fingerprint density at radius 3 is 1.80 bits per heavy atom. The van der Waals surface area contributed by atoms with Gasteiger partial charge in [0, 0.05) is 30.8 Å². The molecule has 74 valence electrons. The highest BCUT2D eigenvalue weighted by atomic mass is 79.9. The third-order valence-corrected chi connectivity index (χ3v) is 2.86. The average Bonchev–Trinajstić information content (AvgIpc) is 2.87. The van der Waals surface area contributed by atoms with E-state index < -0.39 is 0 Å². The van der Waals surface area contributed by atoms with Crippen molar-refractivity contribution in [3.8, 4) is 0 Å². The van der Waals surface area contributed by atoms with Gasteiger partial charge in [-0.3, -0.25) is 0 Å². The third-order valence-electron chi connectivity index (χ3n) is 2.06. The summed E-state index contributed by atoms with van der Waals surface area (Å²) in [4.78, 5) is 2.89. The van der Waals surface area contributed by atoms with E-state index in [0.29, 0.717) is 0 Å². The average molecular weight is 331 g/mol. The molecule has 1 N–H and O–H groups in total. The predicted octanol–water partition coefficient (Wildman–Crippen LogP) is 4.85. The van der Waals surface area contributed by atoms with Crippen LogP contribution in [0.3, 0.4) is 0 Å². The van der Waals surface area contributed by atoms with E-state index in [1.165, 1.54) is 0 Å². The lowest BCUT2D eigenvalue weighted by Gasteiger charge is -1.92. The Labute approximate surface area is 112 Å². The molecule has 0 radical (unpaired) electrons. The molecule has 1 nitrogen and oxygen atoms in total. The molecule has 3 heteroatoms. The zero-order chi connectivity index (χ0) is 15.6. The first-order valence-corrected chi connectivity index (χ1v) is 5.71. The van der Waals surface area contributed by atoms with Gasteiger partial charge in [0.2, 0.25) is 0 Å². The van der Waals surface area contributed by atoms with Crippen molar-refractivity contribution in [1.82, 2.24) is 4.98 Å². The summed E-state index contributed by atoms with van der Waals surface area (Å²) in [6.45, 7) is 0. The normalized spacial score (nSPS) is 16.9. The van der Waals surface area contributed by atoms with E-state index >= 15 is 0 Å². The van der Waals surface area contributed by atoms with E-state index in [9.17, 15) is 0 Å². The summed E-state index contributed by atoms with van der Waals surface area (Å²) >= 11 is 6.24. The van der Waals surface area contributed by atoms with Gasteiger partial charge in [-0.25, -0.2) is 0 Å². The second-order valence-corrected chi connectivity index (χ2v) is 4.59. The molecule has 2 aromatic carbocycles. The molecule has 0 atom stereocenters. The van der Waals surface area contributed by atoms with Crippen LogP contribution in [0.1, 0.15) is 8.22 Å². The highest BCUT2D eigenvalue weighted by Crippen LogP contribution is 2.29. The minimum Gasteiger partial charge on any atom is -0.354 e. The fraction of sp³-hybridized carbons (Fsp3) is 0. The molecule has 3 rings (SSSR count). The number of aromatic nitrogens is 1. The van der Waals surface area contributed by atoms with Gasteiger partial charge in [0.05, 0.1) is 8.22 Å². The number of halogens is 2. The number of fused-ring (bicyclic) bond motifs is 3. The second-order valence-electron chi connectivity index (χ2n) is 3.00. The molecule has 0 spiro atoms. The van der Waals surface area contributed by atoms with Crippen molar-refractivity contribution < 1.29 is 8.22 Å². The zero-order valence-electron chi connectivity index (χ0n) is 13.3. The number of H-pyrrole nitrogens is 1. The van der Waals surface area contributed by atoms with E-state index in [-0.39, 0.29) is 67.0 Å². The van der Waals surface area contributed by atoms with Crippen molar-refractivity contribution in [3.63, 3.8) is 0 Å². The molecule has 0 aliphatic carbocycles. The Bertz CT molecular complexity index is 859. The van der Waals surface area contributed by atoms with Crippen molar-refractivity contribution in [2.75, 3.05) is 0 Å². The molecule has 1 aromatic heterocycles. The van der Waals surface area contributed by atoms with Gasteiger partial charge in [-0.05, 0) is 24.2 Å². The van der Waals surface area contributed by atoms with E-state index in [1.807, 2.05) is 0 Å². The minimum absolute atomic E-state index is 0.00338. The highest BCUT2D eigenvalue weighted by Gasteiger charge is 2.04. The standard InChI is InChI=1S/C12H7Br2N/c13-7-1-3-9-10-4-2-8(14)6-12(10)15-11(9)5-7/h1-6,15H/i1D,2D,3D,4D,5D,6D. The fourth-order valence-corrected chi connectivity index (χ4v) is 2.05. The lowest BCUT2D eigenvalue weighted by atomic mass is 10.2. The Morgan fingerprint density at radius 2 is 1.33 bits per heavy atom. The van der Waals surface area contributed by atoms with Gasteiger partial charge in [-0.15, -0.1) is 0 Å². The van der Waals surface area contributed by atoms with Crippen LogP contribution < -0.4 is 0 Å². The SMILES string of the molecule is [2H]c1c(Br)c([2H])c2[nH]c3c([2H])c(Br)c([2H])c([2H])c3c2c1[2H]. The van der Waals surface area contributed by atoms with Gasteiger partial charge in [0.1, 0.15) is 0 Å². The van der Waals surface area contributed by atoms with Crippen LogP contribution in [0.25, 0.3) is 21.8 Å². The molecule has 0 aliphatic heterocycles. The Morgan fingerprint density at radius 1 is 0.867 bits per heavy atom. The quantitative estimate of drug-likeness (QED) is 0.606. The third kappa shape index (κ3) is 1.50. The van der Waals surface area contributed by atoms with Crippen LogP contribution >= 0.6 is 31.9 Å². The molecule has 0 saturated heterocycles. The van der Waals surface area contributed by atoms with Crippen LogP contribution in [-0.4, -0.2) is 4.98 Å². The first-order valence-electron chi connectivity index (χ1n) is 7.13. The van der Waals surface area contributed by atoms with Crippen LogP contribution in [0.5, 0.6) is 0 Å². The maximum Gasteiger partial charge on any atom is 0.0657 e. The smallest absolute Gasteiger partial charge is 0.0657 e. The fourth-order valence-electron chi connectivity index (χ4n) is 1.45. The van der Waals surface area contributed by atoms with Crippen molar-refractivity contribution in [2.45, 2.75) is 0 Å². The zero-order valence-corrected chi connectivity index (χ0v) is 10.4. The van der Waals surface area contributed by atoms with Crippen LogP contribution in [0.4, 0.5) is 0 Å². The first-order chi connectivity index (χ1) is 9.77. The van der Waals surface area contributed by atoms with E-state index in [0.717, 1.165) is 0 Å². The predicted molar refractivity (Wildman–Crippen MR) is 71.2 cm³/mol. The Balaban J connectivity index is 2.73. The summed E-state index contributed by atoms with van der Waals surface area (Å²) in [6.07, 6.45) is 0. The summed E-state index contributed by atoms with van der Waals surface area (Å²) in [5.41, 5.74) is 0.578. The van der Waals surface area contributed by atoms with Gasteiger partial charge in [-0.1, -0.05) is 43.9 Å². The topological polar surface area (TPSA) is 15.8 Å². The molecule has 0 bridgehead atoms. The minimum atomic E-state index is -0.145. The lowest BCUT2D eigenvalue weighted by molar-refractivity contribution is 1.53. The summed E-state index contributed by atoms with van der Waals surface area (Å²) in [5.74, 6) is 0. The monoisotopic (exact) mass is 329 g/mol. The molecule has 3 aromatic rings. The van der Waals surface area contributed by atoms with Gasteiger partial charge in [0.15, 0.2) is 0 Å². The summed E-state index contributed by atoms with van der Waals surface area (Å²) in [7, 11) is 0. The molecule has 0 fully saturated rings. The molecule has 0 aliphatic rings. The number of rotatable bonds is 0.